The topological polar surface area (TPSA) is 167 Å². The summed E-state index contributed by atoms with van der Waals surface area (Å²) >= 11 is 5.87. The predicted molar refractivity (Wildman–Crippen MR) is 200 cm³/mol. The third kappa shape index (κ3) is 10.3. The lowest BCUT2D eigenvalue weighted by atomic mass is 9.79. The maximum atomic E-state index is 14.5. The Labute approximate surface area is 313 Å². The van der Waals surface area contributed by atoms with Crippen LogP contribution in [0, 0.1) is 23.0 Å². The number of hydrogen-bond acceptors (Lipinski definition) is 9. The van der Waals surface area contributed by atoms with Crippen LogP contribution in [0.2, 0.25) is 0 Å². The Bertz CT molecular complexity index is 1870. The van der Waals surface area contributed by atoms with Gasteiger partial charge in [-0.05, 0) is 57.3 Å². The Morgan fingerprint density at radius 2 is 1.26 bits per heavy atom. The molecule has 2 heterocycles. The highest BCUT2D eigenvalue weighted by Crippen LogP contribution is 2.37. The second kappa shape index (κ2) is 18.2. The third-order valence-electron chi connectivity index (χ3n) is 8.69. The third-order valence-corrected chi connectivity index (χ3v) is 8.88. The summed E-state index contributed by atoms with van der Waals surface area (Å²) in [5.74, 6) is 2.49. The van der Waals surface area contributed by atoms with Gasteiger partial charge in [0.05, 0.1) is 36.4 Å². The number of carbonyl (C=O) groups excluding carboxylic acids is 1. The van der Waals surface area contributed by atoms with Crippen LogP contribution in [0.4, 0.5) is 8.78 Å². The largest absolute Gasteiger partial charge is 0.491 e. The predicted octanol–water partition coefficient (Wildman–Crippen LogP) is 4.52. The van der Waals surface area contributed by atoms with E-state index in [0.717, 1.165) is 17.2 Å². The lowest BCUT2D eigenvalue weighted by Gasteiger charge is -2.33. The molecule has 0 aromatic heterocycles. The molecule has 0 spiro atoms. The summed E-state index contributed by atoms with van der Waals surface area (Å²) in [6.45, 7) is 10.3. The first kappa shape index (κ1) is 41.6. The SMILES string of the molecule is CC(C)(C)C(c1ccccc1)N(N)Cl.CC(C)C(NNC(=O)c1ccc2c(c1F)COB2O)c1ccccc1.O=C(O)c1ccc2c(c1F)COB2O. The summed E-state index contributed by atoms with van der Waals surface area (Å²) in [5, 5.41) is 27.4. The molecular formula is C37H43B2ClF2N4O7. The molecular weight excluding hydrogens is 708 g/mol. The number of halogens is 3. The summed E-state index contributed by atoms with van der Waals surface area (Å²) in [7, 11) is -2.29. The Morgan fingerprint density at radius 1 is 0.811 bits per heavy atom. The number of rotatable bonds is 8. The van der Waals surface area contributed by atoms with Gasteiger partial charge >= 0.3 is 20.2 Å². The molecule has 4 aromatic carbocycles. The Balaban J connectivity index is 0.000000191. The number of hydrogen-bond donors (Lipinski definition) is 6. The maximum Gasteiger partial charge on any atom is 0.491 e. The highest BCUT2D eigenvalue weighted by Gasteiger charge is 2.33. The van der Waals surface area contributed by atoms with Crippen LogP contribution >= 0.6 is 11.8 Å². The van der Waals surface area contributed by atoms with Crippen LogP contribution in [0.15, 0.2) is 84.9 Å². The molecule has 16 heteroatoms. The number of carbonyl (C=O) groups is 2. The van der Waals surface area contributed by atoms with Gasteiger partial charge in [-0.15, -0.1) is 0 Å². The molecule has 2 atom stereocenters. The standard InChI is InChI=1S/C18H20BFN2O3.C11H17ClN2.C8H6BFO4/c1-11(2)17(12-6-4-3-5-7-12)21-22-18(23)13-8-9-15-14(16(13)20)10-25-19(15)24;1-11(2,3)10(14(12)13)9-7-5-4-6-8-9;10-7-4(8(11)12)1-2-6-5(7)3-14-9(6)13/h3-9,11,17,21,24H,10H2,1-2H3,(H,22,23);4-8,10H,13H2,1-3H3;1-2,13H,3H2,(H,11,12). The van der Waals surface area contributed by atoms with Gasteiger partial charge in [-0.2, -0.15) is 4.53 Å². The number of amides is 1. The van der Waals surface area contributed by atoms with Crippen LogP contribution in [0.1, 0.15) is 89.7 Å². The van der Waals surface area contributed by atoms with E-state index < -0.39 is 43.3 Å². The number of nitrogens with one attached hydrogen (secondary N) is 2. The molecule has 7 N–H and O–H groups in total. The first-order valence-electron chi connectivity index (χ1n) is 16.8. The first-order chi connectivity index (χ1) is 25.0. The molecule has 0 aliphatic carbocycles. The molecule has 4 aromatic rings. The van der Waals surface area contributed by atoms with E-state index in [4.69, 9.17) is 32.0 Å². The average molecular weight is 751 g/mol. The van der Waals surface area contributed by atoms with Gasteiger partial charge in [0.15, 0.2) is 0 Å². The number of nitrogens with two attached hydrogens (primary N) is 1. The molecule has 1 amide bonds. The number of carboxylic acids is 1. The van der Waals surface area contributed by atoms with Crippen molar-refractivity contribution in [1.29, 1.82) is 0 Å². The van der Waals surface area contributed by atoms with Gasteiger partial charge in [-0.25, -0.2) is 19.0 Å². The summed E-state index contributed by atoms with van der Waals surface area (Å²) in [6.07, 6.45) is 0. The molecule has 2 unspecified atom stereocenters. The number of benzene rings is 4. The van der Waals surface area contributed by atoms with Crippen molar-refractivity contribution in [2.24, 2.45) is 17.2 Å². The van der Waals surface area contributed by atoms with Crippen molar-refractivity contribution in [3.8, 4) is 0 Å². The van der Waals surface area contributed by atoms with Crippen LogP contribution in [-0.2, 0) is 22.5 Å². The lowest BCUT2D eigenvalue weighted by molar-refractivity contribution is 0.0691. The number of fused-ring (bicyclic) bond motifs is 2. The van der Waals surface area contributed by atoms with Crippen molar-refractivity contribution < 1.29 is 42.8 Å². The molecule has 6 rings (SSSR count). The van der Waals surface area contributed by atoms with Crippen LogP contribution < -0.4 is 27.6 Å². The van der Waals surface area contributed by atoms with Gasteiger partial charge in [0.1, 0.15) is 11.6 Å². The fraction of sp³-hybridized carbons (Fsp3) is 0.297. The zero-order chi connectivity index (χ0) is 39.0. The van der Waals surface area contributed by atoms with E-state index in [2.05, 4.69) is 31.6 Å². The molecule has 53 heavy (non-hydrogen) atoms. The summed E-state index contributed by atoms with van der Waals surface area (Å²) in [6, 6.07) is 25.0. The van der Waals surface area contributed by atoms with Crippen molar-refractivity contribution in [3.63, 3.8) is 0 Å². The minimum atomic E-state index is -1.33. The number of hydrazine groups is 2. The molecule has 0 saturated heterocycles. The Morgan fingerprint density at radius 3 is 1.70 bits per heavy atom. The van der Waals surface area contributed by atoms with Crippen molar-refractivity contribution in [3.05, 3.63) is 130 Å². The van der Waals surface area contributed by atoms with Crippen LogP contribution in [0.5, 0.6) is 0 Å². The molecule has 11 nitrogen and oxygen atoms in total. The number of carboxylic acid groups (broad SMARTS) is 1. The fourth-order valence-electron chi connectivity index (χ4n) is 6.03. The quantitative estimate of drug-likeness (QED) is 0.0653. The minimum Gasteiger partial charge on any atom is -0.478 e. The molecule has 0 radical (unpaired) electrons. The van der Waals surface area contributed by atoms with Gasteiger partial charge in [-0.3, -0.25) is 16.1 Å². The lowest BCUT2D eigenvalue weighted by Crippen LogP contribution is -2.42. The van der Waals surface area contributed by atoms with Gasteiger partial charge < -0.3 is 24.5 Å². The Kier molecular flexibility index (Phi) is 14.3. The zero-order valence-corrected chi connectivity index (χ0v) is 30.8. The second-order valence-electron chi connectivity index (χ2n) is 13.9. The van der Waals surface area contributed by atoms with E-state index in [-0.39, 0.29) is 53.3 Å². The van der Waals surface area contributed by atoms with Gasteiger partial charge in [0.25, 0.3) is 5.91 Å². The van der Waals surface area contributed by atoms with Crippen molar-refractivity contribution >= 4 is 48.8 Å². The monoisotopic (exact) mass is 750 g/mol. The highest BCUT2D eigenvalue weighted by atomic mass is 35.5. The first-order valence-corrected chi connectivity index (χ1v) is 17.2. The smallest absolute Gasteiger partial charge is 0.478 e. The van der Waals surface area contributed by atoms with Crippen molar-refractivity contribution in [2.75, 3.05) is 0 Å². The normalized spacial score (nSPS) is 14.4. The summed E-state index contributed by atoms with van der Waals surface area (Å²) in [4.78, 5) is 22.9. The molecule has 0 saturated carbocycles. The minimum absolute atomic E-state index is 0.0118. The molecule has 2 aliphatic heterocycles. The van der Waals surface area contributed by atoms with Gasteiger partial charge in [0.2, 0.25) is 0 Å². The number of aromatic carboxylic acids is 1. The van der Waals surface area contributed by atoms with E-state index in [1.54, 1.807) is 0 Å². The molecule has 0 bridgehead atoms. The maximum absolute atomic E-state index is 14.5. The van der Waals surface area contributed by atoms with E-state index >= 15 is 0 Å². The van der Waals surface area contributed by atoms with Crippen LogP contribution in [0.3, 0.4) is 0 Å². The molecule has 2 aliphatic rings. The molecule has 280 valence electrons. The zero-order valence-electron chi connectivity index (χ0n) is 30.0. The summed E-state index contributed by atoms with van der Waals surface area (Å²) < 4.78 is 39.0. The van der Waals surface area contributed by atoms with Gasteiger partial charge in [-0.1, -0.05) is 107 Å². The van der Waals surface area contributed by atoms with Gasteiger partial charge in [0, 0.05) is 11.1 Å². The molecule has 0 fully saturated rings. The van der Waals surface area contributed by atoms with E-state index in [0.29, 0.717) is 10.9 Å². The highest BCUT2D eigenvalue weighted by molar-refractivity contribution is 6.62. The fourth-order valence-corrected chi connectivity index (χ4v) is 6.43. The van der Waals surface area contributed by atoms with E-state index in [1.807, 2.05) is 74.5 Å². The van der Waals surface area contributed by atoms with E-state index in [9.17, 15) is 28.4 Å². The average Bonchev–Trinajstić information content (AvgIpc) is 3.68. The van der Waals surface area contributed by atoms with Crippen molar-refractivity contribution in [2.45, 2.75) is 59.9 Å². The summed E-state index contributed by atoms with van der Waals surface area (Å²) in [5.41, 5.74) is 8.29. The van der Waals surface area contributed by atoms with Crippen molar-refractivity contribution in [1.82, 2.24) is 15.4 Å². The van der Waals surface area contributed by atoms with E-state index in [1.165, 1.54) is 22.7 Å². The van der Waals surface area contributed by atoms with Crippen LogP contribution in [0.25, 0.3) is 0 Å². The van der Waals surface area contributed by atoms with Crippen LogP contribution in [-0.4, -0.2) is 45.8 Å². The second-order valence-corrected chi connectivity index (χ2v) is 14.3. The number of nitrogens with zero attached hydrogens (tertiary/aromatic N) is 1. The Hall–Kier alpha value is -4.18.